The number of hydrogen-bond acceptors (Lipinski definition) is 6. The molecule has 3 atom stereocenters. The molecule has 4 amide bonds. The van der Waals surface area contributed by atoms with Gasteiger partial charge in [-0.25, -0.2) is 0 Å². The summed E-state index contributed by atoms with van der Waals surface area (Å²) in [6.07, 6.45) is 1.94. The molecule has 10 heteroatoms. The maximum absolute atomic E-state index is 14.0. The van der Waals surface area contributed by atoms with Crippen molar-refractivity contribution in [3.63, 3.8) is 0 Å². The van der Waals surface area contributed by atoms with Gasteiger partial charge < -0.3 is 33.2 Å². The predicted octanol–water partition coefficient (Wildman–Crippen LogP) is 2.47. The smallest absolute Gasteiger partial charge is 0.251 e. The number of unbranched alkanes of at least 4 members (excludes halogenated alkanes) is 1. The highest BCUT2D eigenvalue weighted by atomic mass is 16.2. The second kappa shape index (κ2) is 16.9. The summed E-state index contributed by atoms with van der Waals surface area (Å²) in [6, 6.07) is 26.8. The van der Waals surface area contributed by atoms with E-state index in [1.807, 2.05) is 72.8 Å². The van der Waals surface area contributed by atoms with Crippen molar-refractivity contribution in [1.29, 1.82) is 0 Å². The molecule has 4 aromatic rings. The highest BCUT2D eigenvalue weighted by molar-refractivity contribution is 5.99. The van der Waals surface area contributed by atoms with Crippen molar-refractivity contribution in [2.45, 2.75) is 56.8 Å². The van der Waals surface area contributed by atoms with E-state index in [9.17, 15) is 19.2 Å². The third kappa shape index (κ3) is 9.72. The molecule has 0 aromatic heterocycles. The van der Waals surface area contributed by atoms with Crippen LogP contribution >= 0.6 is 0 Å². The summed E-state index contributed by atoms with van der Waals surface area (Å²) in [5.41, 5.74) is 19.8. The number of rotatable bonds is 16. The SMILES string of the molecule is NCCCC[C@H](NC(=O)[C@@H](Cc1ccccc1)NC(=O)[C@@H](Cc1ccc2ccccc2c1)NC(=O)c1ccc(CN)cc1)C(N)=O. The second-order valence-electron chi connectivity index (χ2n) is 11.3. The Morgan fingerprint density at radius 1 is 0.587 bits per heavy atom. The van der Waals surface area contributed by atoms with Gasteiger partial charge >= 0.3 is 0 Å². The van der Waals surface area contributed by atoms with Gasteiger partial charge in [0.1, 0.15) is 18.1 Å². The van der Waals surface area contributed by atoms with Crippen LogP contribution in [0, 0.1) is 0 Å². The molecule has 0 saturated heterocycles. The number of carbonyl (C=O) groups is 4. The zero-order valence-corrected chi connectivity index (χ0v) is 25.8. The third-order valence-corrected chi connectivity index (χ3v) is 7.85. The minimum atomic E-state index is -1.05. The van der Waals surface area contributed by atoms with Crippen LogP contribution in [0.2, 0.25) is 0 Å². The van der Waals surface area contributed by atoms with E-state index in [-0.39, 0.29) is 12.8 Å². The molecule has 0 radical (unpaired) electrons. The average molecular weight is 623 g/mol. The van der Waals surface area contributed by atoms with Gasteiger partial charge in [-0.1, -0.05) is 84.9 Å². The summed E-state index contributed by atoms with van der Waals surface area (Å²) in [5, 5.41) is 10.5. The van der Waals surface area contributed by atoms with Gasteiger partial charge in [0.2, 0.25) is 17.7 Å². The Morgan fingerprint density at radius 3 is 1.83 bits per heavy atom. The predicted molar refractivity (Wildman–Crippen MR) is 179 cm³/mol. The summed E-state index contributed by atoms with van der Waals surface area (Å²) in [4.78, 5) is 53.1. The molecule has 4 rings (SSSR count). The molecule has 240 valence electrons. The molecule has 0 bridgehead atoms. The Bertz CT molecular complexity index is 1630. The van der Waals surface area contributed by atoms with Crippen LogP contribution in [-0.4, -0.2) is 48.3 Å². The third-order valence-electron chi connectivity index (χ3n) is 7.85. The van der Waals surface area contributed by atoms with Crippen molar-refractivity contribution in [3.05, 3.63) is 119 Å². The standard InChI is InChI=1S/C36H42N6O4/c37-19-7-6-12-30(33(39)43)40-35(45)31(21-24-8-2-1-3-9-24)42-36(46)32(41-34(44)28-17-13-25(23-38)14-18-28)22-26-15-16-27-10-4-5-11-29(27)20-26/h1-5,8-11,13-18,20,30-32H,6-7,12,19,21-23,37-38H2,(H2,39,43)(H,40,45)(H,41,44)(H,42,46)/t30-,31+,32+/m0/s1. The summed E-state index contributed by atoms with van der Waals surface area (Å²) < 4.78 is 0. The van der Waals surface area contributed by atoms with Gasteiger partial charge in [0.15, 0.2) is 0 Å². The lowest BCUT2D eigenvalue weighted by molar-refractivity contribution is -0.132. The monoisotopic (exact) mass is 622 g/mol. The molecule has 4 aromatic carbocycles. The number of amides is 4. The number of carbonyl (C=O) groups excluding carboxylic acids is 4. The molecular weight excluding hydrogens is 580 g/mol. The fourth-order valence-electron chi connectivity index (χ4n) is 5.23. The summed E-state index contributed by atoms with van der Waals surface area (Å²) in [6.45, 7) is 0.789. The molecule has 10 nitrogen and oxygen atoms in total. The molecular formula is C36H42N6O4. The second-order valence-corrected chi connectivity index (χ2v) is 11.3. The zero-order valence-electron chi connectivity index (χ0n) is 25.8. The maximum atomic E-state index is 14.0. The Kier molecular flexibility index (Phi) is 12.4. The van der Waals surface area contributed by atoms with E-state index in [0.29, 0.717) is 37.9 Å². The van der Waals surface area contributed by atoms with Gasteiger partial charge in [0.05, 0.1) is 0 Å². The minimum Gasteiger partial charge on any atom is -0.368 e. The van der Waals surface area contributed by atoms with E-state index < -0.39 is 41.8 Å². The lowest BCUT2D eigenvalue weighted by atomic mass is 9.99. The Labute approximate surface area is 269 Å². The molecule has 0 fully saturated rings. The van der Waals surface area contributed by atoms with E-state index in [2.05, 4.69) is 16.0 Å². The highest BCUT2D eigenvalue weighted by Crippen LogP contribution is 2.17. The summed E-state index contributed by atoms with van der Waals surface area (Å²) >= 11 is 0. The molecule has 0 aliphatic carbocycles. The normalized spacial score (nSPS) is 12.9. The van der Waals surface area contributed by atoms with Crippen LogP contribution in [0.4, 0.5) is 0 Å². The maximum Gasteiger partial charge on any atom is 0.251 e. The molecule has 0 unspecified atom stereocenters. The van der Waals surface area contributed by atoms with Gasteiger partial charge in [-0.3, -0.25) is 19.2 Å². The van der Waals surface area contributed by atoms with Crippen LogP contribution in [0.5, 0.6) is 0 Å². The van der Waals surface area contributed by atoms with Crippen molar-refractivity contribution in [1.82, 2.24) is 16.0 Å². The first kappa shape index (κ1) is 33.8. The van der Waals surface area contributed by atoms with E-state index in [1.54, 1.807) is 24.3 Å². The van der Waals surface area contributed by atoms with Crippen LogP contribution in [0.1, 0.15) is 46.3 Å². The number of primary amides is 1. The average Bonchev–Trinajstić information content (AvgIpc) is 3.07. The van der Waals surface area contributed by atoms with E-state index >= 15 is 0 Å². The number of hydrogen-bond donors (Lipinski definition) is 6. The topological polar surface area (TPSA) is 182 Å². The number of benzene rings is 4. The zero-order chi connectivity index (χ0) is 32.9. The first-order valence-electron chi connectivity index (χ1n) is 15.5. The Balaban J connectivity index is 1.60. The van der Waals surface area contributed by atoms with Gasteiger partial charge in [0.25, 0.3) is 5.91 Å². The molecule has 0 heterocycles. The van der Waals surface area contributed by atoms with E-state index in [1.165, 1.54) is 0 Å². The quantitative estimate of drug-likeness (QED) is 0.104. The number of fused-ring (bicyclic) bond motifs is 1. The van der Waals surface area contributed by atoms with Crippen LogP contribution in [-0.2, 0) is 33.8 Å². The molecule has 0 aliphatic heterocycles. The van der Waals surface area contributed by atoms with Crippen LogP contribution in [0.15, 0.2) is 97.1 Å². The molecule has 0 saturated carbocycles. The van der Waals surface area contributed by atoms with E-state index in [4.69, 9.17) is 17.2 Å². The number of nitrogens with one attached hydrogen (secondary N) is 3. The Hall–Kier alpha value is -5.06. The fraction of sp³-hybridized carbons (Fsp3) is 0.278. The van der Waals surface area contributed by atoms with Gasteiger partial charge in [-0.15, -0.1) is 0 Å². The van der Waals surface area contributed by atoms with Crippen molar-refractivity contribution >= 4 is 34.4 Å². The first-order chi connectivity index (χ1) is 22.3. The lowest BCUT2D eigenvalue weighted by Gasteiger charge is -2.25. The van der Waals surface area contributed by atoms with Gasteiger partial charge in [-0.05, 0) is 65.4 Å². The molecule has 46 heavy (non-hydrogen) atoms. The van der Waals surface area contributed by atoms with Crippen LogP contribution in [0.3, 0.4) is 0 Å². The first-order valence-corrected chi connectivity index (χ1v) is 15.5. The summed E-state index contributed by atoms with van der Waals surface area (Å²) in [7, 11) is 0. The van der Waals surface area contributed by atoms with Crippen molar-refractivity contribution in [2.24, 2.45) is 17.2 Å². The molecule has 0 spiro atoms. The largest absolute Gasteiger partial charge is 0.368 e. The van der Waals surface area contributed by atoms with Crippen molar-refractivity contribution in [3.8, 4) is 0 Å². The lowest BCUT2D eigenvalue weighted by Crippen LogP contribution is -2.57. The van der Waals surface area contributed by atoms with Crippen molar-refractivity contribution in [2.75, 3.05) is 6.54 Å². The van der Waals surface area contributed by atoms with Gasteiger partial charge in [-0.2, -0.15) is 0 Å². The fourth-order valence-corrected chi connectivity index (χ4v) is 5.23. The minimum absolute atomic E-state index is 0.157. The van der Waals surface area contributed by atoms with Gasteiger partial charge in [0, 0.05) is 24.9 Å². The van der Waals surface area contributed by atoms with Crippen molar-refractivity contribution < 1.29 is 19.2 Å². The number of nitrogens with two attached hydrogens (primary N) is 3. The highest BCUT2D eigenvalue weighted by Gasteiger charge is 2.30. The Morgan fingerprint density at radius 2 is 1.17 bits per heavy atom. The molecule has 0 aliphatic rings. The van der Waals surface area contributed by atoms with Crippen LogP contribution in [0.25, 0.3) is 10.8 Å². The van der Waals surface area contributed by atoms with E-state index in [0.717, 1.165) is 27.5 Å². The van der Waals surface area contributed by atoms with Crippen LogP contribution < -0.4 is 33.2 Å². The summed E-state index contributed by atoms with van der Waals surface area (Å²) in [5.74, 6) is -2.21. The molecule has 9 N–H and O–H groups in total.